The Hall–Kier alpha value is -6.23. The van der Waals surface area contributed by atoms with Gasteiger partial charge < -0.3 is 9.32 Å². The van der Waals surface area contributed by atoms with E-state index in [1.165, 1.54) is 42.1 Å². The molecule has 0 aliphatic rings. The highest BCUT2D eigenvalue weighted by atomic mass is 32.1. The molecule has 0 spiro atoms. The third kappa shape index (κ3) is 4.68. The summed E-state index contributed by atoms with van der Waals surface area (Å²) in [4.78, 5) is 7.18. The van der Waals surface area contributed by atoms with Gasteiger partial charge in [-0.05, 0) is 88.6 Å². The summed E-state index contributed by atoms with van der Waals surface area (Å²) in [5.41, 5.74) is 9.37. The summed E-state index contributed by atoms with van der Waals surface area (Å²) in [6, 6.07) is 58.5. The Morgan fingerprint density at radius 3 is 1.94 bits per heavy atom. The zero-order chi connectivity index (χ0) is 32.3. The second-order valence-electron chi connectivity index (χ2n) is 12.4. The largest absolute Gasteiger partial charge is 0.456 e. The highest BCUT2D eigenvalue weighted by Crippen LogP contribution is 2.42. The lowest BCUT2D eigenvalue weighted by Gasteiger charge is -2.26. The topological polar surface area (TPSA) is 29.3 Å². The quantitative estimate of drug-likeness (QED) is 0.187. The molecule has 0 aliphatic carbocycles. The van der Waals surface area contributed by atoms with Crippen LogP contribution >= 0.6 is 11.3 Å². The molecule has 10 rings (SSSR count). The van der Waals surface area contributed by atoms with Crippen LogP contribution in [0.2, 0.25) is 0 Å². The fraction of sp³-hybridized carbons (Fsp3) is 0. The van der Waals surface area contributed by atoms with Gasteiger partial charge in [0.25, 0.3) is 0 Å². The van der Waals surface area contributed by atoms with Gasteiger partial charge in [0.2, 0.25) is 0 Å². The van der Waals surface area contributed by atoms with Crippen LogP contribution in [-0.2, 0) is 0 Å². The molecular weight excluding hydrogens is 617 g/mol. The van der Waals surface area contributed by atoms with Crippen molar-refractivity contribution in [2.24, 2.45) is 0 Å². The van der Waals surface area contributed by atoms with Crippen LogP contribution < -0.4 is 4.90 Å². The van der Waals surface area contributed by atoms with Crippen LogP contribution in [0.1, 0.15) is 0 Å². The zero-order valence-electron chi connectivity index (χ0n) is 26.4. The average molecular weight is 645 g/mol. The molecule has 0 unspecified atom stereocenters. The molecule has 0 fully saturated rings. The van der Waals surface area contributed by atoms with Gasteiger partial charge in [-0.1, -0.05) is 97.1 Å². The van der Waals surface area contributed by atoms with Gasteiger partial charge in [0.15, 0.2) is 0 Å². The van der Waals surface area contributed by atoms with Gasteiger partial charge >= 0.3 is 0 Å². The predicted molar refractivity (Wildman–Crippen MR) is 207 cm³/mol. The Kier molecular flexibility index (Phi) is 6.36. The van der Waals surface area contributed by atoms with Crippen LogP contribution in [0.3, 0.4) is 0 Å². The fourth-order valence-electron chi connectivity index (χ4n) is 7.13. The molecule has 0 bridgehead atoms. The first-order valence-corrected chi connectivity index (χ1v) is 17.3. The van der Waals surface area contributed by atoms with Crippen LogP contribution in [0.15, 0.2) is 174 Å². The molecule has 49 heavy (non-hydrogen) atoms. The van der Waals surface area contributed by atoms with E-state index >= 15 is 0 Å². The first-order chi connectivity index (χ1) is 24.3. The normalized spacial score (nSPS) is 11.7. The molecule has 0 amide bonds. The summed E-state index contributed by atoms with van der Waals surface area (Å²) >= 11 is 1.84. The number of hydrogen-bond donors (Lipinski definition) is 0. The maximum Gasteiger partial charge on any atom is 0.139 e. The number of nitrogens with zero attached hydrogens (tertiary/aromatic N) is 2. The van der Waals surface area contributed by atoms with Crippen LogP contribution in [0, 0.1) is 0 Å². The molecule has 0 saturated carbocycles. The van der Waals surface area contributed by atoms with Crippen LogP contribution in [-0.4, -0.2) is 4.98 Å². The van der Waals surface area contributed by atoms with E-state index in [1.54, 1.807) is 0 Å². The van der Waals surface area contributed by atoms with E-state index in [0.29, 0.717) is 0 Å². The van der Waals surface area contributed by atoms with Gasteiger partial charge in [-0.25, -0.2) is 0 Å². The third-order valence-corrected chi connectivity index (χ3v) is 10.7. The SMILES string of the molecule is c1ccc2cc(-c3ccc(N(c4ccc(-c5nccc6oc7ccccc7c56)cc4)c4ccc5sc6ccccc6c5c4)cc3)ccc2c1. The second-order valence-corrected chi connectivity index (χ2v) is 13.5. The van der Waals surface area contributed by atoms with Gasteiger partial charge in [-0.3, -0.25) is 4.98 Å². The van der Waals surface area contributed by atoms with Crippen molar-refractivity contribution in [1.29, 1.82) is 0 Å². The number of pyridine rings is 1. The van der Waals surface area contributed by atoms with E-state index in [1.807, 2.05) is 41.8 Å². The van der Waals surface area contributed by atoms with Crippen molar-refractivity contribution in [3.8, 4) is 22.4 Å². The highest BCUT2D eigenvalue weighted by molar-refractivity contribution is 7.25. The molecule has 0 N–H and O–H groups in total. The van der Waals surface area contributed by atoms with Crippen molar-refractivity contribution in [2.75, 3.05) is 4.90 Å². The number of anilines is 3. The summed E-state index contributed by atoms with van der Waals surface area (Å²) in [5.74, 6) is 0. The molecule has 0 saturated heterocycles. The maximum atomic E-state index is 6.17. The zero-order valence-corrected chi connectivity index (χ0v) is 27.2. The first-order valence-electron chi connectivity index (χ1n) is 16.4. The number of rotatable bonds is 5. The van der Waals surface area contributed by atoms with Gasteiger partial charge in [0.05, 0.1) is 11.1 Å². The number of furan rings is 1. The van der Waals surface area contributed by atoms with Crippen molar-refractivity contribution in [2.45, 2.75) is 0 Å². The number of para-hydroxylation sites is 1. The Balaban J connectivity index is 1.09. The number of hydrogen-bond acceptors (Lipinski definition) is 4. The molecule has 10 aromatic rings. The molecule has 3 heterocycles. The molecule has 3 nitrogen and oxygen atoms in total. The predicted octanol–water partition coefficient (Wildman–Crippen LogP) is 13.3. The number of fused-ring (bicyclic) bond motifs is 7. The van der Waals surface area contributed by atoms with Crippen molar-refractivity contribution in [1.82, 2.24) is 4.98 Å². The summed E-state index contributed by atoms with van der Waals surface area (Å²) in [6.07, 6.45) is 1.83. The lowest BCUT2D eigenvalue weighted by atomic mass is 10.0. The second kappa shape index (κ2) is 11.2. The lowest BCUT2D eigenvalue weighted by Crippen LogP contribution is -2.09. The minimum atomic E-state index is 0.847. The van der Waals surface area contributed by atoms with Crippen molar-refractivity contribution in [3.05, 3.63) is 170 Å². The van der Waals surface area contributed by atoms with E-state index in [-0.39, 0.29) is 0 Å². The lowest BCUT2D eigenvalue weighted by molar-refractivity contribution is 0.668. The monoisotopic (exact) mass is 644 g/mol. The van der Waals surface area contributed by atoms with Crippen molar-refractivity contribution < 1.29 is 4.42 Å². The molecule has 7 aromatic carbocycles. The van der Waals surface area contributed by atoms with Gasteiger partial charge in [0, 0.05) is 54.4 Å². The van der Waals surface area contributed by atoms with E-state index < -0.39 is 0 Å². The standard InChI is InChI=1S/C45H28N2OS/c1-2-8-32-27-33(14-13-29(32)7-1)30-15-19-34(20-16-30)47(36-23-24-43-39(28-36)37-9-4-6-12-42(37)49-43)35-21-17-31(18-22-35)45-44-38-10-3-5-11-40(38)48-41(44)25-26-46-45/h1-28H. The minimum absolute atomic E-state index is 0.847. The Morgan fingerprint density at radius 1 is 0.449 bits per heavy atom. The summed E-state index contributed by atoms with van der Waals surface area (Å²) in [5, 5.41) is 7.18. The third-order valence-electron chi connectivity index (χ3n) is 9.51. The summed E-state index contributed by atoms with van der Waals surface area (Å²) in [6.45, 7) is 0. The molecular formula is C45H28N2OS. The van der Waals surface area contributed by atoms with Crippen molar-refractivity contribution in [3.63, 3.8) is 0 Å². The maximum absolute atomic E-state index is 6.17. The number of thiophene rings is 1. The van der Waals surface area contributed by atoms with Crippen LogP contribution in [0.25, 0.3) is 75.3 Å². The Labute approximate surface area is 286 Å². The fourth-order valence-corrected chi connectivity index (χ4v) is 8.22. The Morgan fingerprint density at radius 2 is 1.10 bits per heavy atom. The van der Waals surface area contributed by atoms with E-state index in [2.05, 4.69) is 144 Å². The molecule has 0 atom stereocenters. The van der Waals surface area contributed by atoms with Crippen LogP contribution in [0.5, 0.6) is 0 Å². The average Bonchev–Trinajstić information content (AvgIpc) is 3.74. The van der Waals surface area contributed by atoms with Crippen molar-refractivity contribution >= 4 is 81.3 Å². The molecule has 4 heteroatoms. The summed E-state index contributed by atoms with van der Waals surface area (Å²) in [7, 11) is 0. The van der Waals surface area contributed by atoms with Gasteiger partial charge in [-0.2, -0.15) is 0 Å². The minimum Gasteiger partial charge on any atom is -0.456 e. The van der Waals surface area contributed by atoms with E-state index in [9.17, 15) is 0 Å². The molecule has 0 radical (unpaired) electrons. The molecule has 0 aliphatic heterocycles. The van der Waals surface area contributed by atoms with E-state index in [0.717, 1.165) is 50.3 Å². The number of benzene rings is 7. The molecule has 3 aromatic heterocycles. The van der Waals surface area contributed by atoms with Crippen LogP contribution in [0.4, 0.5) is 17.1 Å². The van der Waals surface area contributed by atoms with Gasteiger partial charge in [-0.15, -0.1) is 11.3 Å². The molecule has 230 valence electrons. The first kappa shape index (κ1) is 27.8. The summed E-state index contributed by atoms with van der Waals surface area (Å²) < 4.78 is 8.76. The highest BCUT2D eigenvalue weighted by Gasteiger charge is 2.17. The smallest absolute Gasteiger partial charge is 0.139 e. The van der Waals surface area contributed by atoms with E-state index in [4.69, 9.17) is 9.40 Å². The van der Waals surface area contributed by atoms with Gasteiger partial charge in [0.1, 0.15) is 11.2 Å². The Bertz CT molecular complexity index is 2830. The number of aromatic nitrogens is 1.